The van der Waals surface area contributed by atoms with Crippen molar-refractivity contribution in [1.82, 2.24) is 4.98 Å². The Balaban J connectivity index is 1.85. The van der Waals surface area contributed by atoms with E-state index in [4.69, 9.17) is 4.74 Å². The van der Waals surface area contributed by atoms with E-state index in [-0.39, 0.29) is 11.6 Å². The lowest BCUT2D eigenvalue weighted by molar-refractivity contribution is 0.321. The van der Waals surface area contributed by atoms with Crippen molar-refractivity contribution in [3.05, 3.63) is 48.3 Å². The lowest BCUT2D eigenvalue weighted by Crippen LogP contribution is -1.96. The molecule has 0 aliphatic carbocycles. The van der Waals surface area contributed by atoms with Crippen molar-refractivity contribution in [1.29, 1.82) is 0 Å². The predicted octanol–water partition coefficient (Wildman–Crippen LogP) is 4.58. The standard InChI is InChI=1S/C15H13FN2OS/c1-2-19-13-8-7-10(9-11(13)16)17-15-18-12-5-3-4-6-14(12)20-15/h3-9H,2H2,1H3,(H,17,18). The van der Waals surface area contributed by atoms with Gasteiger partial charge in [-0.25, -0.2) is 9.37 Å². The van der Waals surface area contributed by atoms with Gasteiger partial charge in [0.2, 0.25) is 0 Å². The smallest absolute Gasteiger partial charge is 0.188 e. The Morgan fingerprint density at radius 2 is 2.10 bits per heavy atom. The van der Waals surface area contributed by atoms with Crippen LogP contribution in [0.2, 0.25) is 0 Å². The van der Waals surface area contributed by atoms with Crippen LogP contribution in [-0.4, -0.2) is 11.6 Å². The average Bonchev–Trinajstić information content (AvgIpc) is 2.84. The second-order valence-corrected chi connectivity index (χ2v) is 5.22. The summed E-state index contributed by atoms with van der Waals surface area (Å²) in [6, 6.07) is 12.7. The number of anilines is 2. The minimum Gasteiger partial charge on any atom is -0.491 e. The molecule has 0 amide bonds. The first-order valence-corrected chi connectivity index (χ1v) is 7.13. The first kappa shape index (κ1) is 12.9. The summed E-state index contributed by atoms with van der Waals surface area (Å²) in [5.74, 6) is -0.111. The Morgan fingerprint density at radius 1 is 1.25 bits per heavy atom. The molecule has 0 saturated carbocycles. The molecule has 0 atom stereocenters. The number of aromatic nitrogens is 1. The summed E-state index contributed by atoms with van der Waals surface area (Å²) >= 11 is 1.54. The fraction of sp³-hybridized carbons (Fsp3) is 0.133. The fourth-order valence-corrected chi connectivity index (χ4v) is 2.79. The van der Waals surface area contributed by atoms with Crippen LogP contribution in [0.5, 0.6) is 5.75 Å². The van der Waals surface area contributed by atoms with Crippen molar-refractivity contribution < 1.29 is 9.13 Å². The van der Waals surface area contributed by atoms with Crippen LogP contribution in [0.4, 0.5) is 15.2 Å². The van der Waals surface area contributed by atoms with Crippen molar-refractivity contribution in [2.45, 2.75) is 6.92 Å². The van der Waals surface area contributed by atoms with Gasteiger partial charge in [0, 0.05) is 11.8 Å². The van der Waals surface area contributed by atoms with Crippen molar-refractivity contribution in [2.24, 2.45) is 0 Å². The molecule has 20 heavy (non-hydrogen) atoms. The lowest BCUT2D eigenvalue weighted by atomic mass is 10.3. The Bertz CT molecular complexity index is 709. The number of rotatable bonds is 4. The molecule has 0 fully saturated rings. The molecule has 0 unspecified atom stereocenters. The molecular weight excluding hydrogens is 275 g/mol. The third kappa shape index (κ3) is 2.58. The monoisotopic (exact) mass is 288 g/mol. The van der Waals surface area contributed by atoms with Crippen LogP contribution in [0.25, 0.3) is 10.2 Å². The zero-order chi connectivity index (χ0) is 13.9. The number of para-hydroxylation sites is 1. The molecule has 3 nitrogen and oxygen atoms in total. The Kier molecular flexibility index (Phi) is 3.52. The van der Waals surface area contributed by atoms with E-state index in [1.54, 1.807) is 12.1 Å². The number of ether oxygens (including phenoxy) is 1. The minimum absolute atomic E-state index is 0.266. The number of nitrogens with one attached hydrogen (secondary N) is 1. The summed E-state index contributed by atoms with van der Waals surface area (Å²) in [7, 11) is 0. The first-order valence-electron chi connectivity index (χ1n) is 6.31. The van der Waals surface area contributed by atoms with E-state index in [1.807, 2.05) is 31.2 Å². The molecule has 1 N–H and O–H groups in total. The van der Waals surface area contributed by atoms with Gasteiger partial charge in [-0.2, -0.15) is 0 Å². The van der Waals surface area contributed by atoms with Crippen LogP contribution < -0.4 is 10.1 Å². The van der Waals surface area contributed by atoms with Gasteiger partial charge in [0.05, 0.1) is 16.8 Å². The van der Waals surface area contributed by atoms with Gasteiger partial charge in [-0.05, 0) is 31.2 Å². The van der Waals surface area contributed by atoms with Gasteiger partial charge < -0.3 is 10.1 Å². The van der Waals surface area contributed by atoms with Crippen LogP contribution in [0, 0.1) is 5.82 Å². The number of halogens is 1. The van der Waals surface area contributed by atoms with Gasteiger partial charge >= 0.3 is 0 Å². The van der Waals surface area contributed by atoms with Crippen molar-refractivity contribution >= 4 is 32.4 Å². The molecule has 0 spiro atoms. The highest BCUT2D eigenvalue weighted by molar-refractivity contribution is 7.22. The number of fused-ring (bicyclic) bond motifs is 1. The Hall–Kier alpha value is -2.14. The van der Waals surface area contributed by atoms with E-state index >= 15 is 0 Å². The molecule has 102 valence electrons. The molecule has 3 aromatic rings. The van der Waals surface area contributed by atoms with E-state index in [9.17, 15) is 4.39 Å². The lowest BCUT2D eigenvalue weighted by Gasteiger charge is -2.07. The van der Waals surface area contributed by atoms with Gasteiger partial charge in [0.25, 0.3) is 0 Å². The van der Waals surface area contributed by atoms with Crippen molar-refractivity contribution in [3.8, 4) is 5.75 Å². The van der Waals surface area contributed by atoms with Crippen LogP contribution in [0.1, 0.15) is 6.92 Å². The summed E-state index contributed by atoms with van der Waals surface area (Å²) in [5.41, 5.74) is 1.59. The number of thiazole rings is 1. The molecule has 3 rings (SSSR count). The zero-order valence-corrected chi connectivity index (χ0v) is 11.7. The predicted molar refractivity (Wildman–Crippen MR) is 80.5 cm³/mol. The molecule has 2 aromatic carbocycles. The van der Waals surface area contributed by atoms with E-state index < -0.39 is 0 Å². The third-order valence-corrected chi connectivity index (χ3v) is 3.73. The summed E-state index contributed by atoms with van der Waals surface area (Å²) in [4.78, 5) is 4.45. The topological polar surface area (TPSA) is 34.1 Å². The Morgan fingerprint density at radius 3 is 2.85 bits per heavy atom. The second kappa shape index (κ2) is 5.46. The molecule has 0 radical (unpaired) electrons. The highest BCUT2D eigenvalue weighted by Crippen LogP contribution is 2.29. The first-order chi connectivity index (χ1) is 9.76. The number of hydrogen-bond acceptors (Lipinski definition) is 4. The average molecular weight is 288 g/mol. The number of nitrogens with zero attached hydrogens (tertiary/aromatic N) is 1. The maximum absolute atomic E-state index is 13.8. The number of hydrogen-bond donors (Lipinski definition) is 1. The van der Waals surface area contributed by atoms with E-state index in [1.165, 1.54) is 17.4 Å². The molecule has 5 heteroatoms. The SMILES string of the molecule is CCOc1ccc(Nc2nc3ccccc3s2)cc1F. The molecule has 1 heterocycles. The van der Waals surface area contributed by atoms with Gasteiger partial charge in [-0.3, -0.25) is 0 Å². The normalized spacial score (nSPS) is 10.7. The molecule has 0 saturated heterocycles. The van der Waals surface area contributed by atoms with Crippen LogP contribution in [-0.2, 0) is 0 Å². The van der Waals surface area contributed by atoms with E-state index in [0.29, 0.717) is 12.3 Å². The quantitative estimate of drug-likeness (QED) is 0.763. The summed E-state index contributed by atoms with van der Waals surface area (Å²) in [6.07, 6.45) is 0. The molecule has 0 aliphatic rings. The minimum atomic E-state index is -0.377. The van der Waals surface area contributed by atoms with Crippen molar-refractivity contribution in [2.75, 3.05) is 11.9 Å². The molecule has 1 aromatic heterocycles. The third-order valence-electron chi connectivity index (χ3n) is 2.78. The largest absolute Gasteiger partial charge is 0.491 e. The maximum Gasteiger partial charge on any atom is 0.188 e. The second-order valence-electron chi connectivity index (χ2n) is 4.19. The summed E-state index contributed by atoms with van der Waals surface area (Å²) in [6.45, 7) is 2.27. The van der Waals surface area contributed by atoms with Crippen molar-refractivity contribution in [3.63, 3.8) is 0 Å². The van der Waals surface area contributed by atoms with Crippen LogP contribution in [0.15, 0.2) is 42.5 Å². The van der Waals surface area contributed by atoms with Gasteiger partial charge in [0.1, 0.15) is 0 Å². The summed E-state index contributed by atoms with van der Waals surface area (Å²) < 4.78 is 20.0. The Labute approximate surface area is 120 Å². The van der Waals surface area contributed by atoms with Crippen LogP contribution in [0.3, 0.4) is 0 Å². The molecule has 0 aliphatic heterocycles. The molecular formula is C15H13FN2OS. The van der Waals surface area contributed by atoms with E-state index in [2.05, 4.69) is 10.3 Å². The zero-order valence-electron chi connectivity index (χ0n) is 10.9. The highest BCUT2D eigenvalue weighted by Gasteiger charge is 2.07. The van der Waals surface area contributed by atoms with Gasteiger partial charge in [-0.1, -0.05) is 23.5 Å². The maximum atomic E-state index is 13.8. The fourth-order valence-electron chi connectivity index (χ4n) is 1.90. The van der Waals surface area contributed by atoms with Gasteiger partial charge in [-0.15, -0.1) is 0 Å². The molecule has 0 bridgehead atoms. The summed E-state index contributed by atoms with van der Waals surface area (Å²) in [5, 5.41) is 3.86. The van der Waals surface area contributed by atoms with Crippen LogP contribution >= 0.6 is 11.3 Å². The van der Waals surface area contributed by atoms with Gasteiger partial charge in [0.15, 0.2) is 16.7 Å². The number of benzene rings is 2. The highest BCUT2D eigenvalue weighted by atomic mass is 32.1. The van der Waals surface area contributed by atoms with E-state index in [0.717, 1.165) is 15.3 Å².